The molecule has 0 saturated carbocycles. The van der Waals surface area contributed by atoms with Gasteiger partial charge in [0.05, 0.1) is 0 Å². The van der Waals surface area contributed by atoms with E-state index in [9.17, 15) is 0 Å². The Morgan fingerprint density at radius 2 is 2.12 bits per heavy atom. The molecular formula is C13H22N4. The zero-order chi connectivity index (χ0) is 12.3. The van der Waals surface area contributed by atoms with Crippen molar-refractivity contribution in [1.82, 2.24) is 9.88 Å². The summed E-state index contributed by atoms with van der Waals surface area (Å²) < 4.78 is 0. The van der Waals surface area contributed by atoms with Gasteiger partial charge in [-0.1, -0.05) is 0 Å². The van der Waals surface area contributed by atoms with Crippen LogP contribution in [0.3, 0.4) is 0 Å². The molecule has 0 unspecified atom stereocenters. The Labute approximate surface area is 103 Å². The summed E-state index contributed by atoms with van der Waals surface area (Å²) in [6, 6.07) is 2.80. The van der Waals surface area contributed by atoms with Gasteiger partial charge in [-0.2, -0.15) is 0 Å². The summed E-state index contributed by atoms with van der Waals surface area (Å²) in [5, 5.41) is 0. The van der Waals surface area contributed by atoms with E-state index in [-0.39, 0.29) is 0 Å². The van der Waals surface area contributed by atoms with E-state index in [2.05, 4.69) is 34.9 Å². The number of nitrogens with two attached hydrogens (primary N) is 1. The van der Waals surface area contributed by atoms with Crippen molar-refractivity contribution in [1.29, 1.82) is 0 Å². The maximum absolute atomic E-state index is 5.76. The van der Waals surface area contributed by atoms with Crippen molar-refractivity contribution in [3.05, 3.63) is 24.0 Å². The molecule has 1 saturated heterocycles. The van der Waals surface area contributed by atoms with Crippen LogP contribution in [0.25, 0.3) is 0 Å². The quantitative estimate of drug-likeness (QED) is 0.850. The molecule has 17 heavy (non-hydrogen) atoms. The second-order valence-corrected chi connectivity index (χ2v) is 4.89. The van der Waals surface area contributed by atoms with Crippen LogP contribution in [0.5, 0.6) is 0 Å². The van der Waals surface area contributed by atoms with E-state index in [0.29, 0.717) is 6.54 Å². The van der Waals surface area contributed by atoms with Gasteiger partial charge in [-0.15, -0.1) is 0 Å². The number of rotatable bonds is 3. The molecule has 1 aromatic rings. The average Bonchev–Trinajstić information content (AvgIpc) is 2.39. The first-order valence-corrected chi connectivity index (χ1v) is 6.26. The van der Waals surface area contributed by atoms with E-state index >= 15 is 0 Å². The number of piperidine rings is 1. The number of hydrogen-bond donors (Lipinski definition) is 1. The summed E-state index contributed by atoms with van der Waals surface area (Å²) in [6.45, 7) is 2.79. The number of anilines is 1. The molecule has 0 radical (unpaired) electrons. The number of aromatic nitrogens is 1. The Balaban J connectivity index is 2.05. The average molecular weight is 234 g/mol. The SMILES string of the molecule is CN(C)C1CCN(c2ccncc2CN)CC1. The standard InChI is InChI=1S/C13H22N4/c1-16(2)12-4-7-17(8-5-12)13-3-6-15-10-11(13)9-14/h3,6,10,12H,4-5,7-9,14H2,1-2H3. The van der Waals surface area contributed by atoms with Crippen LogP contribution in [0, 0.1) is 0 Å². The molecule has 1 aromatic heterocycles. The highest BCUT2D eigenvalue weighted by Gasteiger charge is 2.21. The molecule has 0 spiro atoms. The van der Waals surface area contributed by atoms with Gasteiger partial charge in [0.2, 0.25) is 0 Å². The van der Waals surface area contributed by atoms with Gasteiger partial charge >= 0.3 is 0 Å². The third-order valence-corrected chi connectivity index (χ3v) is 3.63. The smallest absolute Gasteiger partial charge is 0.0442 e. The molecule has 0 aromatic carbocycles. The molecule has 2 heterocycles. The minimum atomic E-state index is 0.566. The molecule has 1 aliphatic heterocycles. The topological polar surface area (TPSA) is 45.4 Å². The molecule has 4 nitrogen and oxygen atoms in total. The molecule has 0 atom stereocenters. The van der Waals surface area contributed by atoms with Gasteiger partial charge in [-0.3, -0.25) is 4.98 Å². The van der Waals surface area contributed by atoms with Gasteiger partial charge in [-0.25, -0.2) is 0 Å². The van der Waals surface area contributed by atoms with Gasteiger partial charge in [0.25, 0.3) is 0 Å². The summed E-state index contributed by atoms with van der Waals surface area (Å²) in [4.78, 5) is 8.90. The van der Waals surface area contributed by atoms with E-state index in [1.165, 1.54) is 18.5 Å². The van der Waals surface area contributed by atoms with Crippen molar-refractivity contribution < 1.29 is 0 Å². The molecule has 1 aliphatic rings. The Bertz CT molecular complexity index is 356. The molecule has 2 rings (SSSR count). The van der Waals surface area contributed by atoms with Crippen LogP contribution in [0.4, 0.5) is 5.69 Å². The van der Waals surface area contributed by atoms with Crippen LogP contribution in [-0.4, -0.2) is 43.1 Å². The van der Waals surface area contributed by atoms with Gasteiger partial charge in [-0.05, 0) is 33.0 Å². The Kier molecular flexibility index (Phi) is 3.97. The van der Waals surface area contributed by atoms with Gasteiger partial charge < -0.3 is 15.5 Å². The zero-order valence-electron chi connectivity index (χ0n) is 10.8. The number of pyridine rings is 1. The molecule has 94 valence electrons. The van der Waals surface area contributed by atoms with E-state index < -0.39 is 0 Å². The van der Waals surface area contributed by atoms with Gasteiger partial charge in [0, 0.05) is 49.3 Å². The van der Waals surface area contributed by atoms with Gasteiger partial charge in [0.15, 0.2) is 0 Å². The van der Waals surface area contributed by atoms with Crippen molar-refractivity contribution in [2.45, 2.75) is 25.4 Å². The first-order valence-electron chi connectivity index (χ1n) is 6.26. The monoisotopic (exact) mass is 234 g/mol. The Hall–Kier alpha value is -1.13. The third kappa shape index (κ3) is 2.76. The minimum Gasteiger partial charge on any atom is -0.371 e. The van der Waals surface area contributed by atoms with E-state index in [1.807, 2.05) is 12.4 Å². The second kappa shape index (κ2) is 5.47. The number of hydrogen-bond acceptors (Lipinski definition) is 4. The van der Waals surface area contributed by atoms with Crippen molar-refractivity contribution >= 4 is 5.69 Å². The van der Waals surface area contributed by atoms with Crippen molar-refractivity contribution in [3.8, 4) is 0 Å². The lowest BCUT2D eigenvalue weighted by Gasteiger charge is -2.37. The first kappa shape index (κ1) is 12.3. The van der Waals surface area contributed by atoms with Crippen LogP contribution in [-0.2, 0) is 6.54 Å². The largest absolute Gasteiger partial charge is 0.371 e. The first-order chi connectivity index (χ1) is 8.22. The fourth-order valence-corrected chi connectivity index (χ4v) is 2.51. The molecule has 0 amide bonds. The summed E-state index contributed by atoms with van der Waals surface area (Å²) >= 11 is 0. The number of nitrogens with zero attached hydrogens (tertiary/aromatic N) is 3. The lowest BCUT2D eigenvalue weighted by molar-refractivity contribution is 0.249. The lowest BCUT2D eigenvalue weighted by Crippen LogP contribution is -2.42. The summed E-state index contributed by atoms with van der Waals surface area (Å²) in [7, 11) is 4.33. The second-order valence-electron chi connectivity index (χ2n) is 4.89. The van der Waals surface area contributed by atoms with E-state index in [1.54, 1.807) is 0 Å². The maximum atomic E-state index is 5.76. The fraction of sp³-hybridized carbons (Fsp3) is 0.615. The molecule has 2 N–H and O–H groups in total. The van der Waals surface area contributed by atoms with Crippen molar-refractivity contribution in [2.24, 2.45) is 5.73 Å². The highest BCUT2D eigenvalue weighted by Crippen LogP contribution is 2.24. The Morgan fingerprint density at radius 1 is 1.41 bits per heavy atom. The minimum absolute atomic E-state index is 0.566. The summed E-state index contributed by atoms with van der Waals surface area (Å²) in [6.07, 6.45) is 6.18. The van der Waals surface area contributed by atoms with Crippen LogP contribution in [0.15, 0.2) is 18.5 Å². The van der Waals surface area contributed by atoms with Crippen LogP contribution >= 0.6 is 0 Å². The zero-order valence-corrected chi connectivity index (χ0v) is 10.8. The van der Waals surface area contributed by atoms with Crippen molar-refractivity contribution in [2.75, 3.05) is 32.1 Å². The maximum Gasteiger partial charge on any atom is 0.0442 e. The highest BCUT2D eigenvalue weighted by atomic mass is 15.2. The Morgan fingerprint density at radius 3 is 2.71 bits per heavy atom. The highest BCUT2D eigenvalue weighted by molar-refractivity contribution is 5.52. The predicted molar refractivity (Wildman–Crippen MR) is 71.1 cm³/mol. The lowest BCUT2D eigenvalue weighted by atomic mass is 10.0. The van der Waals surface area contributed by atoms with E-state index in [4.69, 9.17) is 5.73 Å². The molecule has 1 fully saturated rings. The molecule has 4 heteroatoms. The fourth-order valence-electron chi connectivity index (χ4n) is 2.51. The summed E-state index contributed by atoms with van der Waals surface area (Å²) in [5.74, 6) is 0. The predicted octanol–water partition coefficient (Wildman–Crippen LogP) is 1.07. The van der Waals surface area contributed by atoms with Crippen LogP contribution in [0.1, 0.15) is 18.4 Å². The van der Waals surface area contributed by atoms with Crippen molar-refractivity contribution in [3.63, 3.8) is 0 Å². The van der Waals surface area contributed by atoms with Crippen LogP contribution in [0.2, 0.25) is 0 Å². The van der Waals surface area contributed by atoms with Crippen LogP contribution < -0.4 is 10.6 Å². The molecule has 0 bridgehead atoms. The molecule has 0 aliphatic carbocycles. The van der Waals surface area contributed by atoms with E-state index in [0.717, 1.165) is 24.7 Å². The van der Waals surface area contributed by atoms with Gasteiger partial charge in [0.1, 0.15) is 0 Å². The molecular weight excluding hydrogens is 212 g/mol. The summed E-state index contributed by atoms with van der Waals surface area (Å²) in [5.41, 5.74) is 8.17. The third-order valence-electron chi connectivity index (χ3n) is 3.63. The normalized spacial score (nSPS) is 17.8.